The molecular formula is C29H28O4. The third-order valence-electron chi connectivity index (χ3n) is 6.14. The van der Waals surface area contributed by atoms with E-state index in [1.54, 1.807) is 21.3 Å². The Bertz CT molecular complexity index is 967. The summed E-state index contributed by atoms with van der Waals surface area (Å²) in [5.41, 5.74) is 4.62. The number of benzene rings is 4. The number of hydrogen-bond acceptors (Lipinski definition) is 4. The van der Waals surface area contributed by atoms with Crippen molar-refractivity contribution >= 4 is 0 Å². The first-order valence-corrected chi connectivity index (χ1v) is 10.8. The fourth-order valence-electron chi connectivity index (χ4n) is 4.38. The van der Waals surface area contributed by atoms with Crippen molar-refractivity contribution in [2.24, 2.45) is 0 Å². The van der Waals surface area contributed by atoms with E-state index in [2.05, 4.69) is 48.5 Å². The molecule has 0 atom stereocenters. The summed E-state index contributed by atoms with van der Waals surface area (Å²) in [6, 6.07) is 32.7. The molecule has 4 rings (SSSR count). The molecule has 0 spiro atoms. The van der Waals surface area contributed by atoms with Gasteiger partial charge in [0, 0.05) is 0 Å². The van der Waals surface area contributed by atoms with Crippen molar-refractivity contribution in [1.82, 2.24) is 0 Å². The van der Waals surface area contributed by atoms with Crippen LogP contribution in [0.3, 0.4) is 0 Å². The van der Waals surface area contributed by atoms with Gasteiger partial charge < -0.3 is 19.3 Å². The van der Waals surface area contributed by atoms with Crippen LogP contribution < -0.4 is 14.2 Å². The zero-order valence-corrected chi connectivity index (χ0v) is 19.1. The van der Waals surface area contributed by atoms with Gasteiger partial charge in [0.2, 0.25) is 0 Å². The van der Waals surface area contributed by atoms with Crippen LogP contribution in [0.2, 0.25) is 0 Å². The third-order valence-corrected chi connectivity index (χ3v) is 6.14. The van der Waals surface area contributed by atoms with Crippen LogP contribution in [0.15, 0.2) is 97.1 Å². The van der Waals surface area contributed by atoms with E-state index < -0.39 is 5.41 Å². The fourth-order valence-corrected chi connectivity index (χ4v) is 4.38. The Morgan fingerprint density at radius 2 is 0.758 bits per heavy atom. The van der Waals surface area contributed by atoms with Gasteiger partial charge in [-0.1, -0.05) is 60.7 Å². The summed E-state index contributed by atoms with van der Waals surface area (Å²) in [6.07, 6.45) is 0. The minimum atomic E-state index is -0.612. The number of aliphatic hydroxyl groups excluding tert-OH is 1. The van der Waals surface area contributed by atoms with Gasteiger partial charge in [-0.2, -0.15) is 0 Å². The largest absolute Gasteiger partial charge is 0.497 e. The minimum absolute atomic E-state index is 0.000880. The summed E-state index contributed by atoms with van der Waals surface area (Å²) in [5.74, 6) is 2.40. The van der Waals surface area contributed by atoms with Gasteiger partial charge in [0.15, 0.2) is 0 Å². The third kappa shape index (κ3) is 4.18. The van der Waals surface area contributed by atoms with Gasteiger partial charge in [-0.3, -0.25) is 0 Å². The molecule has 0 saturated carbocycles. The normalized spacial score (nSPS) is 11.2. The van der Waals surface area contributed by atoms with E-state index in [1.165, 1.54) is 0 Å². The average molecular weight is 441 g/mol. The Kier molecular flexibility index (Phi) is 6.66. The lowest BCUT2D eigenvalue weighted by Gasteiger charge is -2.37. The van der Waals surface area contributed by atoms with E-state index in [0.717, 1.165) is 45.1 Å². The Morgan fingerprint density at radius 3 is 1.00 bits per heavy atom. The first-order valence-electron chi connectivity index (χ1n) is 10.8. The van der Waals surface area contributed by atoms with Gasteiger partial charge in [0.25, 0.3) is 0 Å². The van der Waals surface area contributed by atoms with Crippen LogP contribution in [0.5, 0.6) is 17.2 Å². The molecule has 0 aliphatic heterocycles. The first-order chi connectivity index (χ1) is 16.1. The lowest BCUT2D eigenvalue weighted by Crippen LogP contribution is -2.31. The number of aliphatic hydroxyl groups is 1. The van der Waals surface area contributed by atoms with E-state index in [9.17, 15) is 5.11 Å². The van der Waals surface area contributed by atoms with Crippen molar-refractivity contribution in [2.45, 2.75) is 12.0 Å². The molecule has 0 saturated heterocycles. The van der Waals surface area contributed by atoms with E-state index in [4.69, 9.17) is 14.2 Å². The number of rotatable bonds is 8. The average Bonchev–Trinajstić information content (AvgIpc) is 2.90. The van der Waals surface area contributed by atoms with Crippen molar-refractivity contribution < 1.29 is 19.3 Å². The van der Waals surface area contributed by atoms with Crippen LogP contribution in [-0.2, 0) is 12.0 Å². The number of methoxy groups -OCH3 is 3. The second-order valence-corrected chi connectivity index (χ2v) is 7.79. The van der Waals surface area contributed by atoms with Crippen LogP contribution in [0.25, 0.3) is 0 Å². The molecule has 0 radical (unpaired) electrons. The predicted molar refractivity (Wildman–Crippen MR) is 130 cm³/mol. The SMILES string of the molecule is COc1ccc(C(c2ccc(CO)cc2)(c2ccc(OC)cc2)c2ccc(OC)cc2)cc1. The molecule has 0 aliphatic rings. The predicted octanol–water partition coefficient (Wildman–Crippen LogP) is 5.59. The lowest BCUT2D eigenvalue weighted by atomic mass is 9.65. The maximum absolute atomic E-state index is 9.61. The quantitative estimate of drug-likeness (QED) is 0.363. The maximum Gasteiger partial charge on any atom is 0.118 e. The van der Waals surface area contributed by atoms with Crippen LogP contribution in [0, 0.1) is 0 Å². The van der Waals surface area contributed by atoms with Crippen molar-refractivity contribution in [3.63, 3.8) is 0 Å². The van der Waals surface area contributed by atoms with Crippen LogP contribution in [-0.4, -0.2) is 26.4 Å². The van der Waals surface area contributed by atoms with Gasteiger partial charge in [-0.15, -0.1) is 0 Å². The summed E-state index contributed by atoms with van der Waals surface area (Å²) in [7, 11) is 5.01. The van der Waals surface area contributed by atoms with Crippen LogP contribution in [0.1, 0.15) is 27.8 Å². The molecule has 0 heterocycles. The van der Waals surface area contributed by atoms with Gasteiger partial charge in [-0.25, -0.2) is 0 Å². The molecule has 1 N–H and O–H groups in total. The molecule has 168 valence electrons. The summed E-state index contributed by atoms with van der Waals surface area (Å²) in [6.45, 7) is 0.000880. The summed E-state index contributed by atoms with van der Waals surface area (Å²) < 4.78 is 16.3. The second-order valence-electron chi connectivity index (χ2n) is 7.79. The van der Waals surface area contributed by atoms with Gasteiger partial charge in [-0.05, 0) is 64.2 Å². The smallest absolute Gasteiger partial charge is 0.118 e. The Labute approximate surface area is 195 Å². The highest BCUT2D eigenvalue weighted by Gasteiger charge is 2.38. The maximum atomic E-state index is 9.61. The Balaban J connectivity index is 2.05. The van der Waals surface area contributed by atoms with Gasteiger partial charge in [0.1, 0.15) is 17.2 Å². The molecule has 4 aromatic rings. The molecule has 0 amide bonds. The molecule has 0 aliphatic carbocycles. The second kappa shape index (κ2) is 9.80. The Morgan fingerprint density at radius 1 is 0.485 bits per heavy atom. The standard InChI is InChI=1S/C29H28O4/c1-31-26-14-8-23(9-15-26)29(22-6-4-21(20-30)5-7-22,24-10-16-27(32-2)17-11-24)25-12-18-28(33-3)19-13-25/h4-19,30H,20H2,1-3H3. The van der Waals surface area contributed by atoms with Crippen molar-refractivity contribution in [2.75, 3.05) is 21.3 Å². The summed E-state index contributed by atoms with van der Waals surface area (Å²) >= 11 is 0. The highest BCUT2D eigenvalue weighted by atomic mass is 16.5. The molecule has 0 unspecified atom stereocenters. The van der Waals surface area contributed by atoms with Crippen molar-refractivity contribution in [3.8, 4) is 17.2 Å². The highest BCUT2D eigenvalue weighted by molar-refractivity contribution is 5.61. The molecule has 4 heteroatoms. The van der Waals surface area contributed by atoms with Crippen LogP contribution >= 0.6 is 0 Å². The number of hydrogen-bond donors (Lipinski definition) is 1. The van der Waals surface area contributed by atoms with Crippen molar-refractivity contribution in [1.29, 1.82) is 0 Å². The van der Waals surface area contributed by atoms with Crippen LogP contribution in [0.4, 0.5) is 0 Å². The van der Waals surface area contributed by atoms with Gasteiger partial charge >= 0.3 is 0 Å². The highest BCUT2D eigenvalue weighted by Crippen LogP contribution is 2.46. The summed E-state index contributed by atoms with van der Waals surface area (Å²) in [5, 5.41) is 9.61. The van der Waals surface area contributed by atoms with E-state index in [0.29, 0.717) is 0 Å². The lowest BCUT2D eigenvalue weighted by molar-refractivity contribution is 0.282. The molecular weight excluding hydrogens is 412 g/mol. The van der Waals surface area contributed by atoms with E-state index >= 15 is 0 Å². The Hall–Kier alpha value is -3.76. The molecule has 0 fully saturated rings. The zero-order chi connectivity index (χ0) is 23.3. The van der Waals surface area contributed by atoms with Gasteiger partial charge in [0.05, 0.1) is 33.4 Å². The van der Waals surface area contributed by atoms with E-state index in [1.807, 2.05) is 48.5 Å². The first kappa shape index (κ1) is 22.4. The molecule has 4 aromatic carbocycles. The molecule has 0 bridgehead atoms. The molecule has 0 aromatic heterocycles. The molecule has 33 heavy (non-hydrogen) atoms. The zero-order valence-electron chi connectivity index (χ0n) is 19.1. The minimum Gasteiger partial charge on any atom is -0.497 e. The topological polar surface area (TPSA) is 47.9 Å². The number of ether oxygens (including phenoxy) is 3. The van der Waals surface area contributed by atoms with E-state index in [-0.39, 0.29) is 6.61 Å². The fraction of sp³-hybridized carbons (Fsp3) is 0.172. The summed E-state index contributed by atoms with van der Waals surface area (Å²) in [4.78, 5) is 0. The molecule has 4 nitrogen and oxygen atoms in total. The van der Waals surface area contributed by atoms with Crippen molar-refractivity contribution in [3.05, 3.63) is 125 Å². The monoisotopic (exact) mass is 440 g/mol.